The second-order valence-corrected chi connectivity index (χ2v) is 5.91. The summed E-state index contributed by atoms with van der Waals surface area (Å²) in [5.74, 6) is 3.21. The molecule has 2 aliphatic rings. The number of rotatable bonds is 2. The lowest BCUT2D eigenvalue weighted by atomic mass is 10.2. The van der Waals surface area contributed by atoms with Crippen LogP contribution in [0.3, 0.4) is 0 Å². The summed E-state index contributed by atoms with van der Waals surface area (Å²) in [4.78, 5) is 0. The van der Waals surface area contributed by atoms with Crippen LogP contribution >= 0.6 is 0 Å². The molecule has 0 amide bonds. The summed E-state index contributed by atoms with van der Waals surface area (Å²) >= 11 is 0. The van der Waals surface area contributed by atoms with Crippen LogP contribution in [0.2, 0.25) is 0 Å². The second kappa shape index (κ2) is 4.43. The maximum absolute atomic E-state index is 5.83. The van der Waals surface area contributed by atoms with Crippen molar-refractivity contribution >= 4 is 0 Å². The Morgan fingerprint density at radius 3 is 3.00 bits per heavy atom. The van der Waals surface area contributed by atoms with E-state index in [-0.39, 0.29) is 0 Å². The number of fused-ring (bicyclic) bond motifs is 2. The number of ether oxygens (including phenoxy) is 1. The SMILES string of the molecule is c1ccc2c(c1)Cn1c(nnc1-c1cc(C3CC3)[nH]n1)CO2. The maximum Gasteiger partial charge on any atom is 0.184 e. The van der Waals surface area contributed by atoms with Crippen LogP contribution in [0.4, 0.5) is 0 Å². The molecule has 1 fully saturated rings. The molecule has 1 saturated carbocycles. The van der Waals surface area contributed by atoms with Gasteiger partial charge in [0.15, 0.2) is 11.6 Å². The van der Waals surface area contributed by atoms with E-state index in [1.807, 2.05) is 18.2 Å². The molecule has 22 heavy (non-hydrogen) atoms. The Morgan fingerprint density at radius 1 is 1.18 bits per heavy atom. The van der Waals surface area contributed by atoms with Gasteiger partial charge in [-0.25, -0.2) is 0 Å². The smallest absolute Gasteiger partial charge is 0.184 e. The van der Waals surface area contributed by atoms with Crippen LogP contribution in [0.25, 0.3) is 11.5 Å². The fourth-order valence-electron chi connectivity index (χ4n) is 2.94. The Balaban J connectivity index is 1.57. The molecule has 0 saturated heterocycles. The largest absolute Gasteiger partial charge is 0.485 e. The highest BCUT2D eigenvalue weighted by Crippen LogP contribution is 2.40. The van der Waals surface area contributed by atoms with Crippen LogP contribution in [-0.2, 0) is 13.2 Å². The van der Waals surface area contributed by atoms with Gasteiger partial charge in [0, 0.05) is 17.2 Å². The van der Waals surface area contributed by atoms with Gasteiger partial charge in [0.2, 0.25) is 0 Å². The minimum absolute atomic E-state index is 0.434. The zero-order valence-electron chi connectivity index (χ0n) is 12.0. The van der Waals surface area contributed by atoms with E-state index in [1.54, 1.807) is 0 Å². The van der Waals surface area contributed by atoms with Gasteiger partial charge in [-0.15, -0.1) is 10.2 Å². The Kier molecular flexibility index (Phi) is 2.41. The number of nitrogens with zero attached hydrogens (tertiary/aromatic N) is 4. The highest BCUT2D eigenvalue weighted by molar-refractivity contribution is 5.51. The van der Waals surface area contributed by atoms with Gasteiger partial charge in [-0.2, -0.15) is 5.10 Å². The number of benzene rings is 1. The number of hydrogen-bond donors (Lipinski definition) is 1. The van der Waals surface area contributed by atoms with Gasteiger partial charge in [-0.05, 0) is 25.0 Å². The van der Waals surface area contributed by atoms with Gasteiger partial charge in [-0.1, -0.05) is 18.2 Å². The number of aromatic amines is 1. The Bertz CT molecular complexity index is 846. The van der Waals surface area contributed by atoms with Gasteiger partial charge in [0.1, 0.15) is 18.1 Å². The van der Waals surface area contributed by atoms with Gasteiger partial charge < -0.3 is 9.30 Å². The summed E-state index contributed by atoms with van der Waals surface area (Å²) in [7, 11) is 0. The second-order valence-electron chi connectivity index (χ2n) is 5.91. The Morgan fingerprint density at radius 2 is 2.09 bits per heavy atom. The molecule has 3 heterocycles. The molecule has 6 nitrogen and oxygen atoms in total. The zero-order chi connectivity index (χ0) is 14.5. The van der Waals surface area contributed by atoms with Crippen molar-refractivity contribution in [3.63, 3.8) is 0 Å². The van der Waals surface area contributed by atoms with Gasteiger partial charge >= 0.3 is 0 Å². The lowest BCUT2D eigenvalue weighted by molar-refractivity contribution is 0.297. The summed E-state index contributed by atoms with van der Waals surface area (Å²) in [5, 5.41) is 16.2. The standard InChI is InChI=1S/C16H15N5O/c1-2-4-14-11(3-1)8-21-15(9-22-14)19-20-16(21)13-7-12(17-18-13)10-5-6-10/h1-4,7,10H,5-6,8-9H2,(H,17,18). The van der Waals surface area contributed by atoms with Crippen LogP contribution in [0, 0.1) is 0 Å². The van der Waals surface area contributed by atoms with Crippen molar-refractivity contribution in [2.24, 2.45) is 0 Å². The van der Waals surface area contributed by atoms with E-state index >= 15 is 0 Å². The lowest BCUT2D eigenvalue weighted by Crippen LogP contribution is -2.05. The third-order valence-corrected chi connectivity index (χ3v) is 4.33. The molecule has 1 N–H and O–H groups in total. The first-order valence-electron chi connectivity index (χ1n) is 7.57. The number of H-pyrrole nitrogens is 1. The van der Waals surface area contributed by atoms with Crippen molar-refractivity contribution in [3.05, 3.63) is 47.4 Å². The first kappa shape index (κ1) is 12.0. The average Bonchev–Trinajstić information content (AvgIpc) is 3.20. The first-order chi connectivity index (χ1) is 10.9. The molecule has 0 unspecified atom stereocenters. The average molecular weight is 293 g/mol. The third-order valence-electron chi connectivity index (χ3n) is 4.33. The van der Waals surface area contributed by atoms with Crippen LogP contribution in [-0.4, -0.2) is 25.0 Å². The zero-order valence-corrected chi connectivity index (χ0v) is 12.0. The topological polar surface area (TPSA) is 68.6 Å². The highest BCUT2D eigenvalue weighted by Gasteiger charge is 2.27. The molecule has 0 atom stereocenters. The number of nitrogens with one attached hydrogen (secondary N) is 1. The van der Waals surface area contributed by atoms with E-state index in [0.29, 0.717) is 19.1 Å². The number of para-hydroxylation sites is 1. The third kappa shape index (κ3) is 1.83. The first-order valence-corrected chi connectivity index (χ1v) is 7.57. The molecule has 0 radical (unpaired) electrons. The summed E-state index contributed by atoms with van der Waals surface area (Å²) in [5.41, 5.74) is 3.21. The molecule has 5 rings (SSSR count). The highest BCUT2D eigenvalue weighted by atomic mass is 16.5. The fraction of sp³-hybridized carbons (Fsp3) is 0.312. The minimum Gasteiger partial charge on any atom is -0.485 e. The van der Waals surface area contributed by atoms with Crippen molar-refractivity contribution in [1.82, 2.24) is 25.0 Å². The number of aromatic nitrogens is 5. The fourth-order valence-corrected chi connectivity index (χ4v) is 2.94. The minimum atomic E-state index is 0.434. The predicted molar refractivity (Wildman–Crippen MR) is 79.5 cm³/mol. The maximum atomic E-state index is 5.83. The Labute approximate surface area is 127 Å². The molecule has 3 aromatic rings. The normalized spacial score (nSPS) is 16.5. The van der Waals surface area contributed by atoms with Crippen LogP contribution in [0.5, 0.6) is 5.75 Å². The van der Waals surface area contributed by atoms with Crippen LogP contribution < -0.4 is 4.74 Å². The summed E-state index contributed by atoms with van der Waals surface area (Å²) in [6.45, 7) is 1.14. The Hall–Kier alpha value is -2.63. The van der Waals surface area contributed by atoms with Crippen molar-refractivity contribution in [2.45, 2.75) is 31.9 Å². The van der Waals surface area contributed by atoms with E-state index in [0.717, 1.165) is 28.7 Å². The lowest BCUT2D eigenvalue weighted by Gasteiger charge is -2.06. The summed E-state index contributed by atoms with van der Waals surface area (Å²) in [6, 6.07) is 10.2. The molecule has 2 aromatic heterocycles. The van der Waals surface area contributed by atoms with Crippen molar-refractivity contribution in [3.8, 4) is 17.3 Å². The molecular formula is C16H15N5O. The van der Waals surface area contributed by atoms with Gasteiger partial charge in [0.05, 0.1) is 6.54 Å². The molecule has 1 aliphatic heterocycles. The molecule has 1 aromatic carbocycles. The van der Waals surface area contributed by atoms with Crippen molar-refractivity contribution < 1.29 is 4.74 Å². The molecule has 1 aliphatic carbocycles. The quantitative estimate of drug-likeness (QED) is 0.788. The number of hydrogen-bond acceptors (Lipinski definition) is 4. The molecular weight excluding hydrogens is 278 g/mol. The van der Waals surface area contributed by atoms with E-state index < -0.39 is 0 Å². The summed E-state index contributed by atoms with van der Waals surface area (Å²) < 4.78 is 7.92. The predicted octanol–water partition coefficient (Wildman–Crippen LogP) is 2.49. The van der Waals surface area contributed by atoms with E-state index in [9.17, 15) is 0 Å². The molecule has 110 valence electrons. The van der Waals surface area contributed by atoms with Crippen molar-refractivity contribution in [2.75, 3.05) is 0 Å². The van der Waals surface area contributed by atoms with E-state index in [2.05, 4.69) is 37.1 Å². The van der Waals surface area contributed by atoms with Gasteiger partial charge in [-0.3, -0.25) is 5.10 Å². The van der Waals surface area contributed by atoms with Crippen LogP contribution in [0.1, 0.15) is 35.8 Å². The molecule has 6 heteroatoms. The monoisotopic (exact) mass is 293 g/mol. The van der Waals surface area contributed by atoms with E-state index in [1.165, 1.54) is 18.5 Å². The van der Waals surface area contributed by atoms with Crippen molar-refractivity contribution in [1.29, 1.82) is 0 Å². The summed E-state index contributed by atoms with van der Waals surface area (Å²) in [6.07, 6.45) is 2.50. The molecule has 0 spiro atoms. The van der Waals surface area contributed by atoms with Crippen LogP contribution in [0.15, 0.2) is 30.3 Å². The van der Waals surface area contributed by atoms with E-state index in [4.69, 9.17) is 4.74 Å². The van der Waals surface area contributed by atoms with Gasteiger partial charge in [0.25, 0.3) is 0 Å². The molecule has 0 bridgehead atoms.